The Balaban J connectivity index is 2.21. The van der Waals surface area contributed by atoms with Crippen molar-refractivity contribution in [2.45, 2.75) is 26.7 Å². The van der Waals surface area contributed by atoms with Gasteiger partial charge in [-0.1, -0.05) is 0 Å². The van der Waals surface area contributed by atoms with E-state index in [1.807, 2.05) is 18.7 Å². The van der Waals surface area contributed by atoms with Gasteiger partial charge in [0.25, 0.3) is 0 Å². The molecule has 0 saturated carbocycles. The highest BCUT2D eigenvalue weighted by Crippen LogP contribution is 2.27. The highest BCUT2D eigenvalue weighted by Gasteiger charge is 2.23. The molecular formula is C14H22N4O2. The number of aryl methyl sites for hydroxylation is 1. The van der Waals surface area contributed by atoms with Crippen molar-refractivity contribution in [3.8, 4) is 0 Å². The summed E-state index contributed by atoms with van der Waals surface area (Å²) in [5.74, 6) is 1.09. The Morgan fingerprint density at radius 1 is 1.45 bits per heavy atom. The smallest absolute Gasteiger partial charge is 0.311 e. The van der Waals surface area contributed by atoms with Crippen LogP contribution >= 0.6 is 0 Å². The topological polar surface area (TPSA) is 71.3 Å². The zero-order valence-electron chi connectivity index (χ0n) is 12.1. The third-order valence-electron chi connectivity index (χ3n) is 3.81. The molecule has 0 spiro atoms. The predicted octanol–water partition coefficient (Wildman–Crippen LogP) is 2.12. The van der Waals surface area contributed by atoms with Crippen LogP contribution < -0.4 is 10.2 Å². The molecule has 1 aromatic heterocycles. The lowest BCUT2D eigenvalue weighted by atomic mass is 9.97. The maximum Gasteiger partial charge on any atom is 0.311 e. The first kappa shape index (κ1) is 14.7. The van der Waals surface area contributed by atoms with Crippen molar-refractivity contribution in [2.75, 3.05) is 31.1 Å². The van der Waals surface area contributed by atoms with E-state index in [-0.39, 0.29) is 10.6 Å². The Bertz CT molecular complexity index is 472. The number of rotatable bonds is 5. The van der Waals surface area contributed by atoms with Crippen molar-refractivity contribution in [3.63, 3.8) is 0 Å². The second-order valence-electron chi connectivity index (χ2n) is 5.28. The molecule has 0 unspecified atom stereocenters. The molecule has 0 amide bonds. The summed E-state index contributed by atoms with van der Waals surface area (Å²) in [6.07, 6.45) is 2.24. The molecule has 1 aliphatic rings. The molecule has 1 aliphatic heterocycles. The number of hydrogen-bond donors (Lipinski definition) is 1. The number of hydrogen-bond acceptors (Lipinski definition) is 5. The SMILES string of the molecule is CCN(CC1CCNCC1)c1nc(C)ccc1[N+](=O)[O-]. The zero-order valence-corrected chi connectivity index (χ0v) is 12.1. The number of piperidine rings is 1. The molecule has 0 aromatic carbocycles. The Hall–Kier alpha value is -1.69. The fourth-order valence-electron chi connectivity index (χ4n) is 2.65. The monoisotopic (exact) mass is 278 g/mol. The molecule has 6 heteroatoms. The van der Waals surface area contributed by atoms with Gasteiger partial charge in [0.05, 0.1) is 4.92 Å². The fraction of sp³-hybridized carbons (Fsp3) is 0.643. The molecule has 20 heavy (non-hydrogen) atoms. The molecule has 1 fully saturated rings. The Kier molecular flexibility index (Phi) is 4.89. The number of nitro groups is 1. The predicted molar refractivity (Wildman–Crippen MR) is 79.1 cm³/mol. The van der Waals surface area contributed by atoms with Crippen molar-refractivity contribution in [2.24, 2.45) is 5.92 Å². The highest BCUT2D eigenvalue weighted by molar-refractivity contribution is 5.58. The van der Waals surface area contributed by atoms with Crippen LogP contribution in [0.15, 0.2) is 12.1 Å². The average Bonchev–Trinajstić information content (AvgIpc) is 2.45. The first-order chi connectivity index (χ1) is 9.61. The highest BCUT2D eigenvalue weighted by atomic mass is 16.6. The second-order valence-corrected chi connectivity index (χ2v) is 5.28. The molecule has 6 nitrogen and oxygen atoms in total. The van der Waals surface area contributed by atoms with Gasteiger partial charge in [0, 0.05) is 24.8 Å². The van der Waals surface area contributed by atoms with Gasteiger partial charge in [-0.15, -0.1) is 0 Å². The first-order valence-corrected chi connectivity index (χ1v) is 7.19. The largest absolute Gasteiger partial charge is 0.351 e. The summed E-state index contributed by atoms with van der Waals surface area (Å²) in [5, 5.41) is 14.5. The van der Waals surface area contributed by atoms with E-state index >= 15 is 0 Å². The summed E-state index contributed by atoms with van der Waals surface area (Å²) in [7, 11) is 0. The van der Waals surface area contributed by atoms with Gasteiger partial charge in [-0.05, 0) is 51.8 Å². The van der Waals surface area contributed by atoms with E-state index in [1.165, 1.54) is 0 Å². The van der Waals surface area contributed by atoms with Crippen LogP contribution in [0.1, 0.15) is 25.5 Å². The van der Waals surface area contributed by atoms with Crippen LogP contribution in [0.25, 0.3) is 0 Å². The van der Waals surface area contributed by atoms with Crippen molar-refractivity contribution in [1.82, 2.24) is 10.3 Å². The minimum absolute atomic E-state index is 0.103. The third-order valence-corrected chi connectivity index (χ3v) is 3.81. The molecule has 1 aromatic rings. The maximum atomic E-state index is 11.2. The van der Waals surface area contributed by atoms with E-state index in [0.29, 0.717) is 11.7 Å². The quantitative estimate of drug-likeness (QED) is 0.660. The average molecular weight is 278 g/mol. The van der Waals surface area contributed by atoms with E-state index in [1.54, 1.807) is 12.1 Å². The van der Waals surface area contributed by atoms with E-state index < -0.39 is 0 Å². The van der Waals surface area contributed by atoms with E-state index in [0.717, 1.165) is 44.7 Å². The summed E-state index contributed by atoms with van der Waals surface area (Å²) in [6.45, 7) is 7.54. The number of pyridine rings is 1. The molecule has 0 aliphatic carbocycles. The number of anilines is 1. The van der Waals surface area contributed by atoms with Gasteiger partial charge in [0.2, 0.25) is 5.82 Å². The van der Waals surface area contributed by atoms with Crippen LogP contribution in [-0.2, 0) is 0 Å². The van der Waals surface area contributed by atoms with Crippen LogP contribution in [0.5, 0.6) is 0 Å². The molecular weight excluding hydrogens is 256 g/mol. The van der Waals surface area contributed by atoms with Gasteiger partial charge >= 0.3 is 5.69 Å². The van der Waals surface area contributed by atoms with Crippen molar-refractivity contribution >= 4 is 11.5 Å². The molecule has 0 radical (unpaired) electrons. The van der Waals surface area contributed by atoms with Crippen LogP contribution in [0.4, 0.5) is 11.5 Å². The van der Waals surface area contributed by atoms with E-state index in [4.69, 9.17) is 0 Å². The third kappa shape index (κ3) is 3.45. The lowest BCUT2D eigenvalue weighted by molar-refractivity contribution is -0.384. The van der Waals surface area contributed by atoms with Gasteiger partial charge in [0.15, 0.2) is 0 Å². The number of nitrogens with one attached hydrogen (secondary N) is 1. The van der Waals surface area contributed by atoms with Gasteiger partial charge in [-0.2, -0.15) is 0 Å². The normalized spacial score (nSPS) is 16.1. The van der Waals surface area contributed by atoms with Gasteiger partial charge in [0.1, 0.15) is 0 Å². The molecule has 110 valence electrons. The molecule has 0 bridgehead atoms. The van der Waals surface area contributed by atoms with Gasteiger partial charge in [-0.25, -0.2) is 4.98 Å². The van der Waals surface area contributed by atoms with Gasteiger partial charge < -0.3 is 10.2 Å². The molecule has 0 atom stereocenters. The Morgan fingerprint density at radius 3 is 2.75 bits per heavy atom. The van der Waals surface area contributed by atoms with Gasteiger partial charge in [-0.3, -0.25) is 10.1 Å². The lowest BCUT2D eigenvalue weighted by Gasteiger charge is -2.30. The van der Waals surface area contributed by atoms with Crippen molar-refractivity contribution < 1.29 is 4.92 Å². The number of nitrogens with zero attached hydrogens (tertiary/aromatic N) is 3. The van der Waals surface area contributed by atoms with Crippen molar-refractivity contribution in [3.05, 3.63) is 27.9 Å². The first-order valence-electron chi connectivity index (χ1n) is 7.19. The number of aromatic nitrogens is 1. The molecule has 1 N–H and O–H groups in total. The maximum absolute atomic E-state index is 11.2. The van der Waals surface area contributed by atoms with Crippen LogP contribution in [0.3, 0.4) is 0 Å². The Morgan fingerprint density at radius 2 is 2.15 bits per heavy atom. The van der Waals surface area contributed by atoms with E-state index in [2.05, 4.69) is 10.3 Å². The zero-order chi connectivity index (χ0) is 14.5. The summed E-state index contributed by atoms with van der Waals surface area (Å²) < 4.78 is 0. The molecule has 1 saturated heterocycles. The summed E-state index contributed by atoms with van der Waals surface area (Å²) in [5.41, 5.74) is 0.917. The molecule has 2 rings (SSSR count). The minimum Gasteiger partial charge on any atom is -0.351 e. The lowest BCUT2D eigenvalue weighted by Crippen LogP contribution is -2.36. The van der Waals surface area contributed by atoms with Crippen LogP contribution in [0.2, 0.25) is 0 Å². The van der Waals surface area contributed by atoms with Crippen LogP contribution in [0, 0.1) is 23.0 Å². The minimum atomic E-state index is -0.340. The summed E-state index contributed by atoms with van der Waals surface area (Å²) >= 11 is 0. The standard InChI is InChI=1S/C14H22N4O2/c1-3-17(10-12-6-8-15-9-7-12)14-13(18(19)20)5-4-11(2)16-14/h4-5,12,15H,3,6-10H2,1-2H3. The fourth-order valence-corrected chi connectivity index (χ4v) is 2.65. The summed E-state index contributed by atoms with van der Waals surface area (Å²) in [6, 6.07) is 3.25. The molecule has 2 heterocycles. The van der Waals surface area contributed by atoms with E-state index in [9.17, 15) is 10.1 Å². The van der Waals surface area contributed by atoms with Crippen molar-refractivity contribution in [1.29, 1.82) is 0 Å². The van der Waals surface area contributed by atoms with Crippen LogP contribution in [-0.4, -0.2) is 36.1 Å². The Labute approximate surface area is 119 Å². The second kappa shape index (κ2) is 6.65. The summed E-state index contributed by atoms with van der Waals surface area (Å²) in [4.78, 5) is 17.3.